The van der Waals surface area contributed by atoms with Crippen molar-refractivity contribution >= 4 is 22.8 Å². The van der Waals surface area contributed by atoms with E-state index in [9.17, 15) is 14.0 Å². The number of aromatic nitrogens is 4. The smallest absolute Gasteiger partial charge is 0.325 e. The Morgan fingerprint density at radius 3 is 2.84 bits per heavy atom. The van der Waals surface area contributed by atoms with Crippen molar-refractivity contribution in [3.05, 3.63) is 47.8 Å². The summed E-state index contributed by atoms with van der Waals surface area (Å²) in [6, 6.07) is 4.27. The maximum absolute atomic E-state index is 13.6. The number of ketones is 1. The molecule has 3 aromatic rings. The second kappa shape index (κ2) is 6.63. The molecule has 8 nitrogen and oxygen atoms in total. The number of carbonyl (C=O) groups excluding carboxylic acids is 1. The van der Waals surface area contributed by atoms with E-state index in [1.165, 1.54) is 37.5 Å². The third kappa shape index (κ3) is 3.44. The Bertz CT molecular complexity index is 970. The number of nitrogens with zero attached hydrogens (tertiary/aromatic N) is 4. The molecule has 0 atom stereocenters. The average Bonchev–Trinajstić information content (AvgIpc) is 2.92. The van der Waals surface area contributed by atoms with E-state index >= 15 is 0 Å². The van der Waals surface area contributed by atoms with E-state index in [1.807, 2.05) is 0 Å². The molecule has 0 radical (unpaired) electrons. The molecule has 1 N–H and O–H groups in total. The van der Waals surface area contributed by atoms with Crippen molar-refractivity contribution in [3.8, 4) is 5.75 Å². The Balaban J connectivity index is 1.93. The zero-order chi connectivity index (χ0) is 18.0. The number of carboxylic acids is 1. The van der Waals surface area contributed by atoms with Gasteiger partial charge in [-0.1, -0.05) is 0 Å². The molecule has 3 rings (SSSR count). The highest BCUT2D eigenvalue weighted by Gasteiger charge is 2.18. The van der Waals surface area contributed by atoms with Crippen LogP contribution in [0.5, 0.6) is 5.75 Å². The number of pyridine rings is 2. The lowest BCUT2D eigenvalue weighted by atomic mass is 10.2. The fourth-order valence-electron chi connectivity index (χ4n) is 2.29. The summed E-state index contributed by atoms with van der Waals surface area (Å²) in [6.45, 7) is 0.790. The normalized spacial score (nSPS) is 10.8. The van der Waals surface area contributed by atoms with Gasteiger partial charge in [-0.25, -0.2) is 14.1 Å². The minimum Gasteiger partial charge on any atom is -0.486 e. The van der Waals surface area contributed by atoms with Crippen LogP contribution in [0.3, 0.4) is 0 Å². The van der Waals surface area contributed by atoms with Crippen LogP contribution in [0.4, 0.5) is 4.39 Å². The van der Waals surface area contributed by atoms with E-state index in [1.54, 1.807) is 0 Å². The number of hydrogen-bond donors (Lipinski definition) is 1. The Morgan fingerprint density at radius 2 is 2.16 bits per heavy atom. The molecule has 0 unspecified atom stereocenters. The standard InChI is InChI=1S/C16H13FN4O4/c1-9(22)15-11-5-10(25-8-13-12(17)3-2-4-18-13)6-19-16(11)21(20-15)7-14(23)24/h2-6H,7-8H2,1H3,(H,23,24). The van der Waals surface area contributed by atoms with Crippen LogP contribution in [0.1, 0.15) is 23.1 Å². The highest BCUT2D eigenvalue weighted by atomic mass is 19.1. The van der Waals surface area contributed by atoms with E-state index in [4.69, 9.17) is 9.84 Å². The molecule has 3 aromatic heterocycles. The minimum atomic E-state index is -1.10. The lowest BCUT2D eigenvalue weighted by Crippen LogP contribution is -2.11. The van der Waals surface area contributed by atoms with E-state index in [0.29, 0.717) is 5.39 Å². The molecule has 0 aliphatic rings. The monoisotopic (exact) mass is 344 g/mol. The summed E-state index contributed by atoms with van der Waals surface area (Å²) < 4.78 is 20.2. The lowest BCUT2D eigenvalue weighted by Gasteiger charge is -2.06. The summed E-state index contributed by atoms with van der Waals surface area (Å²) in [5, 5.41) is 13.3. The number of hydrogen-bond acceptors (Lipinski definition) is 6. The first kappa shape index (κ1) is 16.5. The summed E-state index contributed by atoms with van der Waals surface area (Å²) in [4.78, 5) is 30.7. The van der Waals surface area contributed by atoms with E-state index in [-0.39, 0.29) is 35.2 Å². The molecule has 0 aliphatic carbocycles. The predicted molar refractivity (Wildman–Crippen MR) is 83.7 cm³/mol. The number of Topliss-reactive ketones (excluding diaryl/α,β-unsaturated/α-hetero) is 1. The van der Waals surface area contributed by atoms with Crippen molar-refractivity contribution in [2.24, 2.45) is 0 Å². The summed E-state index contributed by atoms with van der Waals surface area (Å²) in [7, 11) is 0. The second-order valence-electron chi connectivity index (χ2n) is 5.22. The molecule has 0 amide bonds. The van der Waals surface area contributed by atoms with Crippen LogP contribution >= 0.6 is 0 Å². The summed E-state index contributed by atoms with van der Waals surface area (Å²) in [5.41, 5.74) is 0.484. The van der Waals surface area contributed by atoms with Crippen molar-refractivity contribution < 1.29 is 23.8 Å². The van der Waals surface area contributed by atoms with Crippen molar-refractivity contribution in [2.45, 2.75) is 20.1 Å². The van der Waals surface area contributed by atoms with Crippen LogP contribution in [0, 0.1) is 5.82 Å². The molecule has 0 aromatic carbocycles. The third-order valence-electron chi connectivity index (χ3n) is 3.39. The highest BCUT2D eigenvalue weighted by molar-refractivity contribution is 6.04. The molecule has 0 saturated heterocycles. The molecule has 0 bridgehead atoms. The SMILES string of the molecule is CC(=O)c1nn(CC(=O)O)c2ncc(OCc3ncccc3F)cc12. The van der Waals surface area contributed by atoms with Gasteiger partial charge >= 0.3 is 5.97 Å². The van der Waals surface area contributed by atoms with Crippen LogP contribution in [-0.4, -0.2) is 36.6 Å². The number of carboxylic acid groups (broad SMARTS) is 1. The minimum absolute atomic E-state index is 0.0956. The fraction of sp³-hybridized carbons (Fsp3) is 0.188. The van der Waals surface area contributed by atoms with Gasteiger partial charge in [0, 0.05) is 13.1 Å². The molecule has 3 heterocycles. The number of halogens is 1. The van der Waals surface area contributed by atoms with Crippen molar-refractivity contribution in [2.75, 3.05) is 0 Å². The predicted octanol–water partition coefficient (Wildman–Crippen LogP) is 1.83. The topological polar surface area (TPSA) is 107 Å². The second-order valence-corrected chi connectivity index (χ2v) is 5.22. The first-order chi connectivity index (χ1) is 12.0. The molecule has 0 aliphatic heterocycles. The first-order valence-corrected chi connectivity index (χ1v) is 7.27. The summed E-state index contributed by atoms with van der Waals surface area (Å²) >= 11 is 0. The van der Waals surface area contributed by atoms with Gasteiger partial charge in [-0.3, -0.25) is 14.6 Å². The number of aliphatic carboxylic acids is 1. The molecule has 0 fully saturated rings. The van der Waals surface area contributed by atoms with Gasteiger partial charge in [-0.15, -0.1) is 0 Å². The van der Waals surface area contributed by atoms with Gasteiger partial charge < -0.3 is 9.84 Å². The molecular weight excluding hydrogens is 331 g/mol. The van der Waals surface area contributed by atoms with Crippen LogP contribution in [0.15, 0.2) is 30.6 Å². The summed E-state index contributed by atoms with van der Waals surface area (Å²) in [5.74, 6) is -1.64. The largest absolute Gasteiger partial charge is 0.486 e. The first-order valence-electron chi connectivity index (χ1n) is 7.27. The molecular formula is C16H13FN4O4. The molecule has 0 spiro atoms. The zero-order valence-corrected chi connectivity index (χ0v) is 13.1. The van der Waals surface area contributed by atoms with E-state index in [2.05, 4.69) is 15.1 Å². The summed E-state index contributed by atoms with van der Waals surface area (Å²) in [6.07, 6.45) is 2.81. The number of ether oxygens (including phenoxy) is 1. The van der Waals surface area contributed by atoms with Gasteiger partial charge in [0.05, 0.1) is 11.6 Å². The van der Waals surface area contributed by atoms with Crippen LogP contribution in [0.2, 0.25) is 0 Å². The van der Waals surface area contributed by atoms with Crippen molar-refractivity contribution in [1.29, 1.82) is 0 Å². The molecule has 9 heteroatoms. The van der Waals surface area contributed by atoms with Gasteiger partial charge in [-0.05, 0) is 18.2 Å². The maximum Gasteiger partial charge on any atom is 0.325 e. The van der Waals surface area contributed by atoms with E-state index < -0.39 is 18.3 Å². The molecule has 0 saturated carbocycles. The quantitative estimate of drug-likeness (QED) is 0.680. The number of rotatable bonds is 6. The van der Waals surface area contributed by atoms with E-state index in [0.717, 1.165) is 4.68 Å². The van der Waals surface area contributed by atoms with Crippen LogP contribution in [-0.2, 0) is 17.9 Å². The fourth-order valence-corrected chi connectivity index (χ4v) is 2.29. The van der Waals surface area contributed by atoms with Gasteiger partial charge in [0.25, 0.3) is 0 Å². The Kier molecular flexibility index (Phi) is 4.38. The maximum atomic E-state index is 13.6. The van der Waals surface area contributed by atoms with Crippen LogP contribution < -0.4 is 4.74 Å². The Morgan fingerprint density at radius 1 is 1.36 bits per heavy atom. The Labute approximate surface area is 140 Å². The van der Waals surface area contributed by atoms with Crippen LogP contribution in [0.25, 0.3) is 11.0 Å². The molecule has 25 heavy (non-hydrogen) atoms. The Hall–Kier alpha value is -3.36. The average molecular weight is 344 g/mol. The number of fused-ring (bicyclic) bond motifs is 1. The zero-order valence-electron chi connectivity index (χ0n) is 13.1. The molecule has 128 valence electrons. The van der Waals surface area contributed by atoms with Gasteiger partial charge in [-0.2, -0.15) is 5.10 Å². The third-order valence-corrected chi connectivity index (χ3v) is 3.39. The highest BCUT2D eigenvalue weighted by Crippen LogP contribution is 2.23. The van der Waals surface area contributed by atoms with Gasteiger partial charge in [0.1, 0.15) is 36.1 Å². The number of carbonyl (C=O) groups is 2. The van der Waals surface area contributed by atoms with Gasteiger partial charge in [0.15, 0.2) is 11.4 Å². The van der Waals surface area contributed by atoms with Crippen molar-refractivity contribution in [1.82, 2.24) is 19.7 Å². The van der Waals surface area contributed by atoms with Gasteiger partial charge in [0.2, 0.25) is 0 Å². The van der Waals surface area contributed by atoms with Crippen molar-refractivity contribution in [3.63, 3.8) is 0 Å². The lowest BCUT2D eigenvalue weighted by molar-refractivity contribution is -0.137.